The zero-order valence-corrected chi connectivity index (χ0v) is 14.8. The molecule has 1 saturated heterocycles. The Morgan fingerprint density at radius 3 is 2.74 bits per heavy atom. The maximum absolute atomic E-state index is 13.5. The minimum absolute atomic E-state index is 0.0385. The molecule has 0 bridgehead atoms. The molecule has 1 fully saturated rings. The highest BCUT2D eigenvalue weighted by atomic mass is 28.3. The van der Waals surface area contributed by atoms with Crippen LogP contribution < -0.4 is 4.74 Å². The SMILES string of the molecule is CCCCC[SiH]1CCC(C(=O)Oc2ccc(C#N)c(F)c2)CC1. The number of esters is 1. The molecule has 0 aromatic heterocycles. The van der Waals surface area contributed by atoms with Crippen LogP contribution in [0.5, 0.6) is 5.75 Å². The van der Waals surface area contributed by atoms with Crippen molar-refractivity contribution in [1.29, 1.82) is 5.26 Å². The number of hydrogen-bond acceptors (Lipinski definition) is 3. The number of carbonyl (C=O) groups is 1. The Labute approximate surface area is 139 Å². The molecule has 0 amide bonds. The average molecular weight is 333 g/mol. The zero-order valence-electron chi connectivity index (χ0n) is 13.7. The van der Waals surface area contributed by atoms with Crippen molar-refractivity contribution in [2.75, 3.05) is 0 Å². The number of hydrogen-bond donors (Lipinski definition) is 0. The number of nitrogens with zero attached hydrogens (tertiary/aromatic N) is 1. The summed E-state index contributed by atoms with van der Waals surface area (Å²) in [7, 11) is -0.645. The number of carbonyl (C=O) groups excluding carboxylic acids is 1. The van der Waals surface area contributed by atoms with E-state index in [2.05, 4.69) is 6.92 Å². The quantitative estimate of drug-likeness (QED) is 0.335. The Balaban J connectivity index is 1.81. The Morgan fingerprint density at radius 1 is 1.39 bits per heavy atom. The lowest BCUT2D eigenvalue weighted by atomic mass is 10.0. The van der Waals surface area contributed by atoms with Crippen molar-refractivity contribution in [2.45, 2.75) is 57.2 Å². The fourth-order valence-corrected chi connectivity index (χ4v) is 6.70. The summed E-state index contributed by atoms with van der Waals surface area (Å²) in [4.78, 5) is 12.2. The van der Waals surface area contributed by atoms with E-state index < -0.39 is 14.6 Å². The third kappa shape index (κ3) is 5.17. The third-order valence-electron chi connectivity index (χ3n) is 4.68. The molecular formula is C18H24FNO2Si. The van der Waals surface area contributed by atoms with E-state index in [1.807, 2.05) is 0 Å². The van der Waals surface area contributed by atoms with Crippen LogP contribution in [0.4, 0.5) is 4.39 Å². The van der Waals surface area contributed by atoms with E-state index in [1.165, 1.54) is 49.5 Å². The summed E-state index contributed by atoms with van der Waals surface area (Å²) in [5, 5.41) is 8.70. The van der Waals surface area contributed by atoms with Gasteiger partial charge in [0.1, 0.15) is 17.6 Å². The summed E-state index contributed by atoms with van der Waals surface area (Å²) in [6, 6.07) is 9.51. The number of halogens is 1. The highest BCUT2D eigenvalue weighted by Crippen LogP contribution is 2.29. The molecule has 23 heavy (non-hydrogen) atoms. The first-order chi connectivity index (χ1) is 11.1. The number of unbranched alkanes of at least 4 members (excludes halogenated alkanes) is 2. The molecule has 0 atom stereocenters. The van der Waals surface area contributed by atoms with E-state index in [0.29, 0.717) is 0 Å². The normalized spacial score (nSPS) is 20.7. The van der Waals surface area contributed by atoms with Gasteiger partial charge in [-0.3, -0.25) is 4.79 Å². The van der Waals surface area contributed by atoms with Crippen molar-refractivity contribution in [2.24, 2.45) is 5.92 Å². The minimum atomic E-state index is -0.648. The van der Waals surface area contributed by atoms with Crippen LogP contribution in [0.2, 0.25) is 18.1 Å². The first-order valence-corrected chi connectivity index (χ1v) is 11.0. The molecule has 3 nitrogen and oxygen atoms in total. The van der Waals surface area contributed by atoms with Crippen LogP contribution in [0, 0.1) is 23.1 Å². The summed E-state index contributed by atoms with van der Waals surface area (Å²) in [6.45, 7) is 2.22. The topological polar surface area (TPSA) is 50.1 Å². The van der Waals surface area contributed by atoms with Gasteiger partial charge in [-0.25, -0.2) is 4.39 Å². The van der Waals surface area contributed by atoms with Crippen LogP contribution in [0.25, 0.3) is 0 Å². The lowest BCUT2D eigenvalue weighted by molar-refractivity contribution is -0.139. The van der Waals surface area contributed by atoms with Crippen molar-refractivity contribution in [3.8, 4) is 11.8 Å². The maximum atomic E-state index is 13.5. The second kappa shape index (κ2) is 8.83. The van der Waals surface area contributed by atoms with Gasteiger partial charge in [-0.2, -0.15) is 5.26 Å². The second-order valence-corrected chi connectivity index (χ2v) is 9.85. The summed E-state index contributed by atoms with van der Waals surface area (Å²) in [6.07, 6.45) is 5.75. The second-order valence-electron chi connectivity index (χ2n) is 6.39. The molecule has 2 rings (SSSR count). The van der Waals surface area contributed by atoms with Crippen LogP contribution in [0.1, 0.15) is 44.6 Å². The smallest absolute Gasteiger partial charge is 0.314 e. The summed E-state index contributed by atoms with van der Waals surface area (Å²) in [5.74, 6) is -0.766. The molecule has 1 aliphatic rings. The molecule has 0 spiro atoms. The van der Waals surface area contributed by atoms with E-state index in [1.54, 1.807) is 6.07 Å². The van der Waals surface area contributed by atoms with Crippen molar-refractivity contribution in [3.05, 3.63) is 29.6 Å². The average Bonchev–Trinajstić information content (AvgIpc) is 2.56. The van der Waals surface area contributed by atoms with E-state index in [-0.39, 0.29) is 23.2 Å². The fourth-order valence-electron chi connectivity index (χ4n) is 3.22. The van der Waals surface area contributed by atoms with E-state index in [4.69, 9.17) is 10.00 Å². The third-order valence-corrected chi connectivity index (χ3v) is 8.20. The first kappa shape index (κ1) is 17.7. The molecule has 5 heteroatoms. The van der Waals surface area contributed by atoms with Gasteiger partial charge in [0, 0.05) is 14.9 Å². The minimum Gasteiger partial charge on any atom is -0.426 e. The van der Waals surface area contributed by atoms with E-state index >= 15 is 0 Å². The van der Waals surface area contributed by atoms with Crippen LogP contribution in [0.15, 0.2) is 18.2 Å². The number of rotatable bonds is 6. The maximum Gasteiger partial charge on any atom is 0.314 e. The molecule has 124 valence electrons. The van der Waals surface area contributed by atoms with Gasteiger partial charge in [-0.05, 0) is 25.0 Å². The van der Waals surface area contributed by atoms with Crippen molar-refractivity contribution in [1.82, 2.24) is 0 Å². The molecule has 1 aliphatic heterocycles. The van der Waals surface area contributed by atoms with E-state index in [9.17, 15) is 9.18 Å². The van der Waals surface area contributed by atoms with Crippen LogP contribution >= 0.6 is 0 Å². The number of ether oxygens (including phenoxy) is 1. The Bertz CT molecular complexity index is 577. The Morgan fingerprint density at radius 2 is 2.13 bits per heavy atom. The monoisotopic (exact) mass is 333 g/mol. The molecule has 0 aliphatic carbocycles. The van der Waals surface area contributed by atoms with Gasteiger partial charge in [-0.1, -0.05) is 44.3 Å². The van der Waals surface area contributed by atoms with Gasteiger partial charge in [0.25, 0.3) is 0 Å². The highest BCUT2D eigenvalue weighted by molar-refractivity contribution is 6.59. The molecule has 0 saturated carbocycles. The molecule has 1 heterocycles. The first-order valence-electron chi connectivity index (χ1n) is 8.55. The molecule has 1 aromatic carbocycles. The predicted octanol–water partition coefficient (Wildman–Crippen LogP) is 4.43. The Kier molecular flexibility index (Phi) is 6.78. The van der Waals surface area contributed by atoms with Gasteiger partial charge in [0.2, 0.25) is 0 Å². The standard InChI is InChI=1S/C18H24FNO2Si/c1-2-3-4-9-23-10-7-14(8-11-23)18(21)22-16-6-5-15(13-20)17(19)12-16/h5-6,12,14,23H,2-4,7-11H2,1H3. The Hall–Kier alpha value is -1.67. The fraction of sp³-hybridized carbons (Fsp3) is 0.556. The summed E-state index contributed by atoms with van der Waals surface area (Å²) >= 11 is 0. The van der Waals surface area contributed by atoms with Gasteiger partial charge in [-0.15, -0.1) is 0 Å². The van der Waals surface area contributed by atoms with Crippen molar-refractivity contribution < 1.29 is 13.9 Å². The highest BCUT2D eigenvalue weighted by Gasteiger charge is 2.28. The van der Waals surface area contributed by atoms with Gasteiger partial charge >= 0.3 is 5.97 Å². The van der Waals surface area contributed by atoms with Crippen LogP contribution in [0.3, 0.4) is 0 Å². The van der Waals surface area contributed by atoms with Gasteiger partial charge in [0.15, 0.2) is 0 Å². The molecule has 0 radical (unpaired) electrons. The largest absolute Gasteiger partial charge is 0.426 e. The lowest BCUT2D eigenvalue weighted by Gasteiger charge is -2.26. The van der Waals surface area contributed by atoms with Crippen molar-refractivity contribution >= 4 is 14.8 Å². The summed E-state index contributed by atoms with van der Waals surface area (Å²) in [5.41, 5.74) is -0.0385. The zero-order chi connectivity index (χ0) is 16.7. The molecule has 0 unspecified atom stereocenters. The number of benzene rings is 1. The van der Waals surface area contributed by atoms with Crippen LogP contribution in [-0.2, 0) is 4.79 Å². The van der Waals surface area contributed by atoms with Gasteiger partial charge in [0.05, 0.1) is 11.5 Å². The summed E-state index contributed by atoms with van der Waals surface area (Å²) < 4.78 is 18.8. The molecule has 0 N–H and O–H groups in total. The van der Waals surface area contributed by atoms with E-state index in [0.717, 1.165) is 18.9 Å². The van der Waals surface area contributed by atoms with Crippen molar-refractivity contribution in [3.63, 3.8) is 0 Å². The molecule has 1 aromatic rings. The molecular weight excluding hydrogens is 309 g/mol. The van der Waals surface area contributed by atoms with Crippen LogP contribution in [-0.4, -0.2) is 14.8 Å². The lowest BCUT2D eigenvalue weighted by Crippen LogP contribution is -2.28. The predicted molar refractivity (Wildman–Crippen MR) is 90.6 cm³/mol. The van der Waals surface area contributed by atoms with Gasteiger partial charge < -0.3 is 4.74 Å². The number of nitriles is 1.